The third-order valence-corrected chi connectivity index (χ3v) is 3.50. The van der Waals surface area contributed by atoms with Gasteiger partial charge in [-0.2, -0.15) is 5.26 Å². The van der Waals surface area contributed by atoms with Gasteiger partial charge in [-0.25, -0.2) is 0 Å². The van der Waals surface area contributed by atoms with Crippen LogP contribution < -0.4 is 10.2 Å². The molecule has 0 spiro atoms. The zero-order chi connectivity index (χ0) is 12.3. The van der Waals surface area contributed by atoms with Gasteiger partial charge in [0.15, 0.2) is 0 Å². The Morgan fingerprint density at radius 2 is 2.35 bits per heavy atom. The third-order valence-electron chi connectivity index (χ3n) is 2.71. The van der Waals surface area contributed by atoms with E-state index in [2.05, 4.69) is 11.4 Å². The highest BCUT2D eigenvalue weighted by molar-refractivity contribution is 7.98. The Kier molecular flexibility index (Phi) is 3.55. The predicted octanol–water partition coefficient (Wildman–Crippen LogP) is 1.22. The highest BCUT2D eigenvalue weighted by Crippen LogP contribution is 2.29. The normalized spacial score (nSPS) is 15.3. The molecule has 0 atom stereocenters. The Labute approximate surface area is 105 Å². The number of nitriles is 1. The number of hydrogen-bond donors (Lipinski definition) is 1. The Hall–Kier alpha value is -1.67. The molecule has 1 saturated heterocycles. The van der Waals surface area contributed by atoms with Crippen molar-refractivity contribution in [3.63, 3.8) is 0 Å². The second kappa shape index (κ2) is 5.11. The number of nitrogens with zero attached hydrogens (tertiary/aromatic N) is 2. The number of anilines is 1. The molecule has 0 radical (unpaired) electrons. The van der Waals surface area contributed by atoms with Crippen molar-refractivity contribution in [2.45, 2.75) is 4.90 Å². The third kappa shape index (κ3) is 2.37. The summed E-state index contributed by atoms with van der Waals surface area (Å²) in [5.41, 5.74) is 1.52. The minimum absolute atomic E-state index is 0.00898. The van der Waals surface area contributed by atoms with Gasteiger partial charge < -0.3 is 10.2 Å². The van der Waals surface area contributed by atoms with Crippen molar-refractivity contribution in [1.82, 2.24) is 5.32 Å². The van der Waals surface area contributed by atoms with Gasteiger partial charge >= 0.3 is 0 Å². The van der Waals surface area contributed by atoms with E-state index in [1.807, 2.05) is 29.4 Å². The second-order valence-electron chi connectivity index (χ2n) is 3.74. The number of rotatable bonds is 2. The van der Waals surface area contributed by atoms with E-state index in [0.717, 1.165) is 17.1 Å². The number of thioether (sulfide) groups is 1. The van der Waals surface area contributed by atoms with Crippen molar-refractivity contribution in [3.05, 3.63) is 23.8 Å². The summed E-state index contributed by atoms with van der Waals surface area (Å²) in [4.78, 5) is 14.3. The van der Waals surface area contributed by atoms with Crippen LogP contribution in [0.25, 0.3) is 0 Å². The van der Waals surface area contributed by atoms with Gasteiger partial charge in [0, 0.05) is 18.0 Å². The zero-order valence-electron chi connectivity index (χ0n) is 9.56. The molecule has 1 aromatic rings. The Morgan fingerprint density at radius 1 is 1.53 bits per heavy atom. The molecule has 0 aliphatic carbocycles. The Balaban J connectivity index is 2.38. The van der Waals surface area contributed by atoms with E-state index in [1.54, 1.807) is 11.8 Å². The second-order valence-corrected chi connectivity index (χ2v) is 4.59. The van der Waals surface area contributed by atoms with Crippen molar-refractivity contribution in [2.24, 2.45) is 0 Å². The smallest absolute Gasteiger partial charge is 0.239 e. The summed E-state index contributed by atoms with van der Waals surface area (Å²) in [5, 5.41) is 12.0. The van der Waals surface area contributed by atoms with Crippen LogP contribution in [0.3, 0.4) is 0 Å². The Morgan fingerprint density at radius 3 is 3.00 bits per heavy atom. The van der Waals surface area contributed by atoms with E-state index < -0.39 is 0 Å². The van der Waals surface area contributed by atoms with E-state index in [9.17, 15) is 10.1 Å². The molecule has 5 heteroatoms. The first-order valence-corrected chi connectivity index (χ1v) is 6.57. The number of piperazine rings is 1. The Bertz CT molecular complexity index is 481. The fourth-order valence-corrected chi connectivity index (χ4v) is 2.48. The molecule has 1 heterocycles. The van der Waals surface area contributed by atoms with Crippen LogP contribution in [0, 0.1) is 11.3 Å². The van der Waals surface area contributed by atoms with E-state index in [1.165, 1.54) is 0 Å². The van der Waals surface area contributed by atoms with Crippen LogP contribution in [0.5, 0.6) is 0 Å². The number of hydrogen-bond acceptors (Lipinski definition) is 4. The summed E-state index contributed by atoms with van der Waals surface area (Å²) >= 11 is 1.55. The molecule has 1 amide bonds. The number of amides is 1. The molecule has 1 N–H and O–H groups in total. The van der Waals surface area contributed by atoms with E-state index in [-0.39, 0.29) is 5.91 Å². The molecule has 0 bridgehead atoms. The largest absolute Gasteiger partial charge is 0.359 e. The lowest BCUT2D eigenvalue weighted by atomic mass is 10.1. The standard InChI is InChI=1S/C12H13N3OS/c1-17-11-4-2-3-10(9(11)7-13)15-6-5-14-12(16)8-15/h2-4H,5-6,8H2,1H3,(H,14,16). The maximum Gasteiger partial charge on any atom is 0.239 e. The minimum Gasteiger partial charge on any atom is -0.359 e. The number of nitrogens with one attached hydrogen (secondary N) is 1. The van der Waals surface area contributed by atoms with Gasteiger partial charge in [-0.05, 0) is 18.4 Å². The van der Waals surface area contributed by atoms with Crippen LogP contribution in [-0.4, -0.2) is 31.8 Å². The maximum atomic E-state index is 11.4. The lowest BCUT2D eigenvalue weighted by molar-refractivity contribution is -0.120. The van der Waals surface area contributed by atoms with Gasteiger partial charge in [0.2, 0.25) is 5.91 Å². The number of carbonyl (C=O) groups is 1. The van der Waals surface area contributed by atoms with E-state index in [0.29, 0.717) is 18.7 Å². The molecule has 0 unspecified atom stereocenters. The number of carbonyl (C=O) groups excluding carboxylic acids is 1. The average Bonchev–Trinajstić information content (AvgIpc) is 2.37. The number of benzene rings is 1. The fraction of sp³-hybridized carbons (Fsp3) is 0.333. The zero-order valence-corrected chi connectivity index (χ0v) is 10.4. The van der Waals surface area contributed by atoms with Crippen LogP contribution >= 0.6 is 11.8 Å². The van der Waals surface area contributed by atoms with Crippen LogP contribution in [0.1, 0.15) is 5.56 Å². The topological polar surface area (TPSA) is 56.1 Å². The highest BCUT2D eigenvalue weighted by atomic mass is 32.2. The first kappa shape index (κ1) is 11.8. The molecule has 1 aliphatic heterocycles. The molecule has 0 aromatic heterocycles. The fourth-order valence-electron chi connectivity index (χ4n) is 1.91. The van der Waals surface area contributed by atoms with Gasteiger partial charge in [-0.1, -0.05) is 6.07 Å². The van der Waals surface area contributed by atoms with Crippen molar-refractivity contribution in [3.8, 4) is 6.07 Å². The molecule has 88 valence electrons. The molecule has 17 heavy (non-hydrogen) atoms. The average molecular weight is 247 g/mol. The molecule has 1 fully saturated rings. The van der Waals surface area contributed by atoms with Crippen LogP contribution in [0.4, 0.5) is 5.69 Å². The minimum atomic E-state index is 0.00898. The van der Waals surface area contributed by atoms with Crippen LogP contribution in [0.15, 0.2) is 23.1 Å². The van der Waals surface area contributed by atoms with Crippen molar-refractivity contribution in [1.29, 1.82) is 5.26 Å². The highest BCUT2D eigenvalue weighted by Gasteiger charge is 2.20. The SMILES string of the molecule is CSc1cccc(N2CCNC(=O)C2)c1C#N. The van der Waals surface area contributed by atoms with E-state index >= 15 is 0 Å². The van der Waals surface area contributed by atoms with Crippen molar-refractivity contribution < 1.29 is 4.79 Å². The lowest BCUT2D eigenvalue weighted by Gasteiger charge is -2.29. The van der Waals surface area contributed by atoms with Gasteiger partial charge in [-0.15, -0.1) is 11.8 Å². The molecular formula is C12H13N3OS. The summed E-state index contributed by atoms with van der Waals surface area (Å²) in [6.45, 7) is 1.71. The van der Waals surface area contributed by atoms with Gasteiger partial charge in [0.25, 0.3) is 0 Å². The van der Waals surface area contributed by atoms with E-state index in [4.69, 9.17) is 0 Å². The summed E-state index contributed by atoms with van der Waals surface area (Å²) in [5.74, 6) is 0.00898. The van der Waals surface area contributed by atoms with Crippen LogP contribution in [0.2, 0.25) is 0 Å². The predicted molar refractivity (Wildman–Crippen MR) is 68.2 cm³/mol. The summed E-state index contributed by atoms with van der Waals surface area (Å²) < 4.78 is 0. The summed E-state index contributed by atoms with van der Waals surface area (Å²) in [6.07, 6.45) is 1.95. The molecule has 1 aliphatic rings. The van der Waals surface area contributed by atoms with Gasteiger partial charge in [0.1, 0.15) is 6.07 Å². The summed E-state index contributed by atoms with van der Waals surface area (Å²) in [6, 6.07) is 7.99. The first-order chi connectivity index (χ1) is 8.26. The van der Waals surface area contributed by atoms with Crippen molar-refractivity contribution in [2.75, 3.05) is 30.8 Å². The van der Waals surface area contributed by atoms with Gasteiger partial charge in [-0.3, -0.25) is 4.79 Å². The maximum absolute atomic E-state index is 11.4. The molecule has 1 aromatic carbocycles. The van der Waals surface area contributed by atoms with Crippen LogP contribution in [-0.2, 0) is 4.79 Å². The molecular weight excluding hydrogens is 234 g/mol. The quantitative estimate of drug-likeness (QED) is 0.798. The first-order valence-electron chi connectivity index (χ1n) is 5.35. The summed E-state index contributed by atoms with van der Waals surface area (Å²) in [7, 11) is 0. The molecule has 4 nitrogen and oxygen atoms in total. The monoisotopic (exact) mass is 247 g/mol. The van der Waals surface area contributed by atoms with Gasteiger partial charge in [0.05, 0.1) is 17.8 Å². The molecule has 0 saturated carbocycles. The molecule has 2 rings (SSSR count). The lowest BCUT2D eigenvalue weighted by Crippen LogP contribution is -2.48. The van der Waals surface area contributed by atoms with Crippen molar-refractivity contribution >= 4 is 23.4 Å².